The summed E-state index contributed by atoms with van der Waals surface area (Å²) in [7, 11) is 4.31. The molecule has 0 saturated carbocycles. The first-order valence-corrected chi connectivity index (χ1v) is 7.86. The van der Waals surface area contributed by atoms with E-state index >= 15 is 0 Å². The highest BCUT2D eigenvalue weighted by atomic mass is 15.2. The van der Waals surface area contributed by atoms with Gasteiger partial charge in [0.1, 0.15) is 0 Å². The van der Waals surface area contributed by atoms with E-state index in [4.69, 9.17) is 0 Å². The van der Waals surface area contributed by atoms with Crippen LogP contribution in [-0.2, 0) is 0 Å². The molecule has 1 N–H and O–H groups in total. The van der Waals surface area contributed by atoms with Crippen molar-refractivity contribution >= 4 is 0 Å². The van der Waals surface area contributed by atoms with Gasteiger partial charge in [-0.3, -0.25) is 4.90 Å². The van der Waals surface area contributed by atoms with Crippen molar-refractivity contribution < 1.29 is 0 Å². The molecule has 19 heavy (non-hydrogen) atoms. The minimum Gasteiger partial charge on any atom is -0.313 e. The van der Waals surface area contributed by atoms with E-state index in [1.165, 1.54) is 6.54 Å². The lowest BCUT2D eigenvalue weighted by molar-refractivity contribution is 0.123. The average Bonchev–Trinajstić information content (AvgIpc) is 2.23. The van der Waals surface area contributed by atoms with Gasteiger partial charge < -0.3 is 10.2 Å². The van der Waals surface area contributed by atoms with E-state index in [1.807, 2.05) is 0 Å². The third-order valence-corrected chi connectivity index (χ3v) is 3.41. The summed E-state index contributed by atoms with van der Waals surface area (Å²) >= 11 is 0. The van der Waals surface area contributed by atoms with E-state index in [9.17, 15) is 0 Å². The molecular weight excluding hydrogens is 234 g/mol. The first kappa shape index (κ1) is 18.9. The molecule has 3 nitrogen and oxygen atoms in total. The van der Waals surface area contributed by atoms with E-state index < -0.39 is 0 Å². The van der Waals surface area contributed by atoms with Gasteiger partial charge in [0.2, 0.25) is 0 Å². The van der Waals surface area contributed by atoms with Crippen molar-refractivity contribution in [2.45, 2.75) is 53.6 Å². The lowest BCUT2D eigenvalue weighted by Crippen LogP contribution is -2.50. The zero-order valence-corrected chi connectivity index (χ0v) is 14.5. The summed E-state index contributed by atoms with van der Waals surface area (Å²) in [5.74, 6) is 1.41. The number of hydrogen-bond donors (Lipinski definition) is 1. The number of hydrogen-bond acceptors (Lipinski definition) is 3. The van der Waals surface area contributed by atoms with Crippen LogP contribution in [0, 0.1) is 11.8 Å². The lowest BCUT2D eigenvalue weighted by atomic mass is 10.0. The van der Waals surface area contributed by atoms with E-state index in [2.05, 4.69) is 70.8 Å². The van der Waals surface area contributed by atoms with Crippen molar-refractivity contribution in [2.24, 2.45) is 11.8 Å². The summed E-state index contributed by atoms with van der Waals surface area (Å²) < 4.78 is 0. The zero-order chi connectivity index (χ0) is 15.0. The van der Waals surface area contributed by atoms with Gasteiger partial charge in [0.25, 0.3) is 0 Å². The maximum absolute atomic E-state index is 3.61. The van der Waals surface area contributed by atoms with Crippen molar-refractivity contribution in [1.29, 1.82) is 0 Å². The van der Waals surface area contributed by atoms with Crippen molar-refractivity contribution in [2.75, 3.05) is 40.3 Å². The SMILES string of the molecule is CC(C)CN(CCN(C)C)C(CNC(C)C)C(C)C. The molecule has 0 amide bonds. The minimum atomic E-state index is 0.566. The molecule has 0 aliphatic rings. The van der Waals surface area contributed by atoms with E-state index in [0.717, 1.165) is 25.6 Å². The quantitative estimate of drug-likeness (QED) is 0.659. The van der Waals surface area contributed by atoms with Gasteiger partial charge in [-0.2, -0.15) is 0 Å². The maximum atomic E-state index is 3.61. The molecule has 0 radical (unpaired) electrons. The van der Waals surface area contributed by atoms with Crippen LogP contribution >= 0.6 is 0 Å². The Bertz CT molecular complexity index is 212. The van der Waals surface area contributed by atoms with Gasteiger partial charge >= 0.3 is 0 Å². The maximum Gasteiger partial charge on any atom is 0.0244 e. The third-order valence-electron chi connectivity index (χ3n) is 3.41. The lowest BCUT2D eigenvalue weighted by Gasteiger charge is -2.37. The van der Waals surface area contributed by atoms with Crippen LogP contribution in [0.25, 0.3) is 0 Å². The summed E-state index contributed by atoms with van der Waals surface area (Å²) in [6, 6.07) is 1.20. The summed E-state index contributed by atoms with van der Waals surface area (Å²) in [4.78, 5) is 4.95. The van der Waals surface area contributed by atoms with Crippen molar-refractivity contribution in [3.63, 3.8) is 0 Å². The van der Waals surface area contributed by atoms with E-state index in [0.29, 0.717) is 18.0 Å². The molecule has 1 atom stereocenters. The number of nitrogens with zero attached hydrogens (tertiary/aromatic N) is 2. The third kappa shape index (κ3) is 9.42. The predicted octanol–water partition coefficient (Wildman–Crippen LogP) is 2.53. The van der Waals surface area contributed by atoms with Crippen LogP contribution in [0.3, 0.4) is 0 Å². The smallest absolute Gasteiger partial charge is 0.0244 e. The summed E-state index contributed by atoms with van der Waals surface area (Å²) in [5, 5.41) is 3.61. The Morgan fingerprint density at radius 1 is 0.895 bits per heavy atom. The molecule has 0 rings (SSSR count). The average molecular weight is 271 g/mol. The Kier molecular flexibility index (Phi) is 9.67. The molecule has 1 unspecified atom stereocenters. The molecule has 3 heteroatoms. The van der Waals surface area contributed by atoms with Gasteiger partial charge in [-0.25, -0.2) is 0 Å². The van der Waals surface area contributed by atoms with Crippen molar-refractivity contribution in [3.05, 3.63) is 0 Å². The fraction of sp³-hybridized carbons (Fsp3) is 1.00. The second kappa shape index (κ2) is 9.73. The number of nitrogens with one attached hydrogen (secondary N) is 1. The molecule has 0 aromatic rings. The molecule has 0 aromatic carbocycles. The fourth-order valence-electron chi connectivity index (χ4n) is 2.33. The van der Waals surface area contributed by atoms with Crippen LogP contribution in [0.15, 0.2) is 0 Å². The molecule has 0 spiro atoms. The largest absolute Gasteiger partial charge is 0.313 e. The molecule has 0 heterocycles. The zero-order valence-electron chi connectivity index (χ0n) is 14.5. The normalized spacial score (nSPS) is 14.4. The Morgan fingerprint density at radius 3 is 1.84 bits per heavy atom. The van der Waals surface area contributed by atoms with Crippen LogP contribution in [0.4, 0.5) is 0 Å². The van der Waals surface area contributed by atoms with Crippen LogP contribution < -0.4 is 5.32 Å². The summed E-state index contributed by atoms with van der Waals surface area (Å²) in [6.45, 7) is 18.3. The van der Waals surface area contributed by atoms with Gasteiger partial charge in [0.15, 0.2) is 0 Å². The molecule has 0 bridgehead atoms. The number of rotatable bonds is 10. The van der Waals surface area contributed by atoms with E-state index in [1.54, 1.807) is 0 Å². The van der Waals surface area contributed by atoms with Gasteiger partial charge in [-0.05, 0) is 25.9 Å². The van der Waals surface area contributed by atoms with Crippen LogP contribution in [-0.4, -0.2) is 62.2 Å². The standard InChI is InChI=1S/C16H37N3/c1-13(2)12-19(10-9-18(7)8)16(14(3)4)11-17-15(5)6/h13-17H,9-12H2,1-8H3. The second-order valence-corrected chi connectivity index (χ2v) is 7.07. The van der Waals surface area contributed by atoms with Gasteiger partial charge in [0.05, 0.1) is 0 Å². The van der Waals surface area contributed by atoms with Crippen LogP contribution in [0.1, 0.15) is 41.5 Å². The molecule has 0 fully saturated rings. The topological polar surface area (TPSA) is 18.5 Å². The van der Waals surface area contributed by atoms with Crippen LogP contribution in [0.5, 0.6) is 0 Å². The van der Waals surface area contributed by atoms with Gasteiger partial charge in [-0.1, -0.05) is 41.5 Å². The summed E-state index contributed by atoms with van der Waals surface area (Å²) in [5.41, 5.74) is 0. The fourth-order valence-corrected chi connectivity index (χ4v) is 2.33. The van der Waals surface area contributed by atoms with Crippen molar-refractivity contribution in [1.82, 2.24) is 15.1 Å². The Labute approximate surface area is 121 Å². The van der Waals surface area contributed by atoms with Crippen molar-refractivity contribution in [3.8, 4) is 0 Å². The molecule has 0 aliphatic heterocycles. The molecule has 116 valence electrons. The first-order chi connectivity index (χ1) is 8.73. The van der Waals surface area contributed by atoms with Gasteiger partial charge in [-0.15, -0.1) is 0 Å². The predicted molar refractivity (Wildman–Crippen MR) is 86.7 cm³/mol. The number of likely N-dealkylation sites (N-methyl/N-ethyl adjacent to an activating group) is 1. The Morgan fingerprint density at radius 2 is 1.47 bits per heavy atom. The molecule has 0 aliphatic carbocycles. The minimum absolute atomic E-state index is 0.566. The monoisotopic (exact) mass is 271 g/mol. The Hall–Kier alpha value is -0.120. The second-order valence-electron chi connectivity index (χ2n) is 7.07. The highest BCUT2D eigenvalue weighted by molar-refractivity contribution is 4.79. The van der Waals surface area contributed by atoms with E-state index in [-0.39, 0.29) is 0 Å². The highest BCUT2D eigenvalue weighted by Gasteiger charge is 2.22. The highest BCUT2D eigenvalue weighted by Crippen LogP contribution is 2.13. The Balaban J connectivity index is 4.60. The summed E-state index contributed by atoms with van der Waals surface area (Å²) in [6.07, 6.45) is 0. The van der Waals surface area contributed by atoms with Crippen LogP contribution in [0.2, 0.25) is 0 Å². The first-order valence-electron chi connectivity index (χ1n) is 7.86. The molecule has 0 aromatic heterocycles. The van der Waals surface area contributed by atoms with Gasteiger partial charge in [0, 0.05) is 38.3 Å². The molecular formula is C16H37N3. The molecule has 0 saturated heterocycles.